The third-order valence-corrected chi connectivity index (χ3v) is 3.54. The molecular weight excluding hydrogens is 260 g/mol. The van der Waals surface area contributed by atoms with Crippen molar-refractivity contribution in [3.63, 3.8) is 0 Å². The van der Waals surface area contributed by atoms with Crippen molar-refractivity contribution >= 4 is 23.1 Å². The first kappa shape index (κ1) is 11.8. The number of hydrogen-bond donors (Lipinski definition) is 1. The van der Waals surface area contributed by atoms with Crippen LogP contribution in [-0.2, 0) is 13.1 Å². The van der Waals surface area contributed by atoms with Crippen LogP contribution < -0.4 is 10.6 Å². The topological polar surface area (TPSA) is 65.9 Å². The molecule has 0 radical (unpaired) electrons. The van der Waals surface area contributed by atoms with Crippen molar-refractivity contribution in [2.24, 2.45) is 0 Å². The Labute approximate surface area is 116 Å². The average Bonchev–Trinajstić information content (AvgIpc) is 2.83. The fraction of sp³-hybridized carbons (Fsp3) is 0.143. The van der Waals surface area contributed by atoms with Gasteiger partial charge in [0.25, 0.3) is 0 Å². The summed E-state index contributed by atoms with van der Waals surface area (Å²) in [7, 11) is 0. The van der Waals surface area contributed by atoms with Gasteiger partial charge in [0.2, 0.25) is 0 Å². The number of rotatable bonds is 1. The molecule has 0 spiro atoms. The van der Waals surface area contributed by atoms with Gasteiger partial charge < -0.3 is 10.6 Å². The maximum atomic E-state index is 9.17. The van der Waals surface area contributed by atoms with Gasteiger partial charge in [0.1, 0.15) is 11.9 Å². The quantitative estimate of drug-likeness (QED) is 0.865. The number of hydrogen-bond acceptors (Lipinski definition) is 4. The Hall–Kier alpha value is -2.25. The highest BCUT2D eigenvalue weighted by Gasteiger charge is 2.24. The summed E-state index contributed by atoms with van der Waals surface area (Å²) >= 11 is 6.01. The Balaban J connectivity index is 1.99. The SMILES string of the molecule is N#Cc1c(N)ncc2c1CN(c1cccc(Cl)c1)C2. The molecule has 0 fully saturated rings. The van der Waals surface area contributed by atoms with E-state index in [4.69, 9.17) is 17.3 Å². The Morgan fingerprint density at radius 3 is 2.95 bits per heavy atom. The van der Waals surface area contributed by atoms with Crippen LogP contribution in [0.5, 0.6) is 0 Å². The fourth-order valence-corrected chi connectivity index (χ4v) is 2.54. The number of nitrogen functional groups attached to an aromatic ring is 1. The van der Waals surface area contributed by atoms with Crippen molar-refractivity contribution < 1.29 is 0 Å². The molecule has 1 aliphatic heterocycles. The normalized spacial score (nSPS) is 13.2. The number of nitrogens with zero attached hydrogens (tertiary/aromatic N) is 3. The van der Waals surface area contributed by atoms with E-state index in [-0.39, 0.29) is 0 Å². The van der Waals surface area contributed by atoms with Crippen LogP contribution in [-0.4, -0.2) is 4.98 Å². The van der Waals surface area contributed by atoms with E-state index in [1.54, 1.807) is 6.20 Å². The number of nitrogens with two attached hydrogens (primary N) is 1. The van der Waals surface area contributed by atoms with Crippen molar-refractivity contribution in [1.82, 2.24) is 4.98 Å². The number of aromatic nitrogens is 1. The summed E-state index contributed by atoms with van der Waals surface area (Å²) in [6.07, 6.45) is 1.75. The summed E-state index contributed by atoms with van der Waals surface area (Å²) in [6.45, 7) is 1.38. The summed E-state index contributed by atoms with van der Waals surface area (Å²) in [5, 5.41) is 9.87. The molecule has 0 atom stereocenters. The van der Waals surface area contributed by atoms with Gasteiger partial charge in [-0.3, -0.25) is 0 Å². The third kappa shape index (κ3) is 1.98. The van der Waals surface area contributed by atoms with Crippen LogP contribution in [0.15, 0.2) is 30.5 Å². The first-order valence-electron chi connectivity index (χ1n) is 5.86. The molecule has 1 aromatic carbocycles. The molecule has 0 aliphatic carbocycles. The molecule has 0 saturated carbocycles. The molecule has 94 valence electrons. The van der Waals surface area contributed by atoms with Gasteiger partial charge in [0.15, 0.2) is 0 Å². The first-order valence-corrected chi connectivity index (χ1v) is 6.23. The van der Waals surface area contributed by atoms with Crippen molar-refractivity contribution in [1.29, 1.82) is 5.26 Å². The molecule has 2 N–H and O–H groups in total. The first-order chi connectivity index (χ1) is 9.19. The molecule has 0 amide bonds. The van der Waals surface area contributed by atoms with Crippen molar-refractivity contribution in [2.45, 2.75) is 13.1 Å². The molecule has 0 saturated heterocycles. The third-order valence-electron chi connectivity index (χ3n) is 3.30. The maximum absolute atomic E-state index is 9.17. The number of nitriles is 1. The van der Waals surface area contributed by atoms with Crippen LogP contribution in [0.1, 0.15) is 16.7 Å². The minimum absolute atomic E-state index is 0.300. The van der Waals surface area contributed by atoms with E-state index in [0.717, 1.165) is 23.4 Å². The van der Waals surface area contributed by atoms with Gasteiger partial charge >= 0.3 is 0 Å². The zero-order chi connectivity index (χ0) is 13.4. The summed E-state index contributed by atoms with van der Waals surface area (Å²) in [5.41, 5.74) is 9.28. The van der Waals surface area contributed by atoms with Gasteiger partial charge in [0.05, 0.1) is 5.56 Å². The largest absolute Gasteiger partial charge is 0.383 e. The Morgan fingerprint density at radius 2 is 2.21 bits per heavy atom. The molecule has 1 aliphatic rings. The van der Waals surface area contributed by atoms with Crippen LogP contribution in [0.25, 0.3) is 0 Å². The van der Waals surface area contributed by atoms with Crippen molar-refractivity contribution in [2.75, 3.05) is 10.6 Å². The predicted molar refractivity (Wildman–Crippen MR) is 74.7 cm³/mol. The van der Waals surface area contributed by atoms with Gasteiger partial charge in [-0.25, -0.2) is 4.98 Å². The number of fused-ring (bicyclic) bond motifs is 1. The molecule has 4 nitrogen and oxygen atoms in total. The van der Waals surface area contributed by atoms with Crippen LogP contribution in [0.2, 0.25) is 5.02 Å². The lowest BCUT2D eigenvalue weighted by Crippen LogP contribution is -2.14. The minimum atomic E-state index is 0.300. The Bertz CT molecular complexity index is 690. The van der Waals surface area contributed by atoms with E-state index in [1.165, 1.54) is 0 Å². The standard InChI is InChI=1S/C14H11ClN4/c15-10-2-1-3-11(4-10)19-7-9-6-18-14(17)12(5-16)13(9)8-19/h1-4,6H,7-8H2,(H2,17,18). The molecule has 0 bridgehead atoms. The van der Waals surface area contributed by atoms with Gasteiger partial charge in [-0.2, -0.15) is 5.26 Å². The number of anilines is 2. The highest BCUT2D eigenvalue weighted by Crippen LogP contribution is 2.32. The number of pyridine rings is 1. The van der Waals surface area contributed by atoms with Crippen molar-refractivity contribution in [3.8, 4) is 6.07 Å². The van der Waals surface area contributed by atoms with E-state index in [1.807, 2.05) is 24.3 Å². The second-order valence-electron chi connectivity index (χ2n) is 4.47. The molecule has 3 rings (SSSR count). The molecule has 1 aromatic heterocycles. The smallest absolute Gasteiger partial charge is 0.141 e. The van der Waals surface area contributed by atoms with E-state index in [9.17, 15) is 5.26 Å². The zero-order valence-electron chi connectivity index (χ0n) is 10.1. The Kier molecular flexibility index (Phi) is 2.77. The molecule has 19 heavy (non-hydrogen) atoms. The highest BCUT2D eigenvalue weighted by molar-refractivity contribution is 6.30. The Morgan fingerprint density at radius 1 is 1.37 bits per heavy atom. The van der Waals surface area contributed by atoms with Gasteiger partial charge in [-0.1, -0.05) is 17.7 Å². The van der Waals surface area contributed by atoms with Crippen LogP contribution in [0.4, 0.5) is 11.5 Å². The molecule has 5 heteroatoms. The summed E-state index contributed by atoms with van der Waals surface area (Å²) in [6, 6.07) is 9.81. The lowest BCUT2D eigenvalue weighted by Gasteiger charge is -2.17. The van der Waals surface area contributed by atoms with Crippen LogP contribution in [0, 0.1) is 11.3 Å². The lowest BCUT2D eigenvalue weighted by molar-refractivity contribution is 0.879. The fourth-order valence-electron chi connectivity index (χ4n) is 2.35. The molecule has 2 aromatic rings. The minimum Gasteiger partial charge on any atom is -0.383 e. The number of benzene rings is 1. The lowest BCUT2D eigenvalue weighted by atomic mass is 10.1. The summed E-state index contributed by atoms with van der Waals surface area (Å²) < 4.78 is 0. The summed E-state index contributed by atoms with van der Waals surface area (Å²) in [4.78, 5) is 6.22. The molecular formula is C14H11ClN4. The van der Waals surface area contributed by atoms with E-state index in [0.29, 0.717) is 22.9 Å². The van der Waals surface area contributed by atoms with Gasteiger partial charge in [-0.05, 0) is 29.3 Å². The van der Waals surface area contributed by atoms with Gasteiger partial charge in [-0.15, -0.1) is 0 Å². The maximum Gasteiger partial charge on any atom is 0.141 e. The van der Waals surface area contributed by atoms with Crippen LogP contribution >= 0.6 is 11.6 Å². The second-order valence-corrected chi connectivity index (χ2v) is 4.91. The van der Waals surface area contributed by atoms with E-state index >= 15 is 0 Å². The summed E-state index contributed by atoms with van der Waals surface area (Å²) in [5.74, 6) is 0.300. The van der Waals surface area contributed by atoms with Gasteiger partial charge in [0, 0.05) is 30.0 Å². The van der Waals surface area contributed by atoms with E-state index < -0.39 is 0 Å². The monoisotopic (exact) mass is 270 g/mol. The number of halogens is 1. The van der Waals surface area contributed by atoms with Crippen LogP contribution in [0.3, 0.4) is 0 Å². The molecule has 2 heterocycles. The molecule has 0 unspecified atom stereocenters. The second kappa shape index (κ2) is 4.45. The van der Waals surface area contributed by atoms with Crippen molar-refractivity contribution in [3.05, 3.63) is 52.2 Å². The average molecular weight is 271 g/mol. The highest BCUT2D eigenvalue weighted by atomic mass is 35.5. The zero-order valence-corrected chi connectivity index (χ0v) is 10.9. The van der Waals surface area contributed by atoms with E-state index in [2.05, 4.69) is 16.0 Å². The predicted octanol–water partition coefficient (Wildman–Crippen LogP) is 2.71.